The maximum absolute atomic E-state index is 11.8. The monoisotopic (exact) mass is 299 g/mol. The number of rotatable bonds is 6. The van der Waals surface area contributed by atoms with Crippen LogP contribution in [0.1, 0.15) is 39.5 Å². The maximum atomic E-state index is 11.8. The van der Waals surface area contributed by atoms with Gasteiger partial charge in [0.1, 0.15) is 0 Å². The second kappa shape index (κ2) is 6.78. The van der Waals surface area contributed by atoms with Crippen LogP contribution in [0.2, 0.25) is 0 Å². The Kier molecular flexibility index (Phi) is 5.57. The molecule has 7 heteroatoms. The first-order chi connectivity index (χ1) is 9.73. The van der Waals surface area contributed by atoms with E-state index in [9.17, 15) is 19.5 Å². The molecule has 0 atom stereocenters. The molecule has 0 saturated heterocycles. The van der Waals surface area contributed by atoms with Gasteiger partial charge in [0.15, 0.2) is 0 Å². The number of hydrogen-bond acceptors (Lipinski definition) is 3. The molecule has 0 radical (unpaired) electrons. The highest BCUT2D eigenvalue weighted by molar-refractivity contribution is 5.83. The van der Waals surface area contributed by atoms with Crippen LogP contribution in [0.5, 0.6) is 0 Å². The lowest BCUT2D eigenvalue weighted by molar-refractivity contribution is -0.148. The van der Waals surface area contributed by atoms with Crippen LogP contribution in [0.4, 0.5) is 4.79 Å². The van der Waals surface area contributed by atoms with Crippen LogP contribution in [-0.2, 0) is 9.59 Å². The molecule has 4 N–H and O–H groups in total. The van der Waals surface area contributed by atoms with Crippen molar-refractivity contribution in [2.75, 3.05) is 20.1 Å². The fraction of sp³-hybridized carbons (Fsp3) is 0.786. The van der Waals surface area contributed by atoms with Crippen LogP contribution in [0.15, 0.2) is 0 Å². The number of carbonyl (C=O) groups is 3. The Balaban J connectivity index is 2.44. The lowest BCUT2D eigenvalue weighted by Crippen LogP contribution is -2.49. The van der Waals surface area contributed by atoms with Crippen LogP contribution in [0.25, 0.3) is 0 Å². The Morgan fingerprint density at radius 2 is 1.71 bits per heavy atom. The van der Waals surface area contributed by atoms with Gasteiger partial charge in [0, 0.05) is 20.1 Å². The number of urea groups is 1. The van der Waals surface area contributed by atoms with E-state index in [0.29, 0.717) is 12.8 Å². The zero-order valence-electron chi connectivity index (χ0n) is 12.9. The number of hydrogen-bond donors (Lipinski definition) is 4. The van der Waals surface area contributed by atoms with Gasteiger partial charge in [-0.1, -0.05) is 12.8 Å². The van der Waals surface area contributed by atoms with Crippen LogP contribution >= 0.6 is 0 Å². The van der Waals surface area contributed by atoms with E-state index in [0.717, 1.165) is 12.8 Å². The topological polar surface area (TPSA) is 108 Å². The van der Waals surface area contributed by atoms with Crippen LogP contribution in [0, 0.1) is 10.8 Å². The minimum absolute atomic E-state index is 0.120. The highest BCUT2D eigenvalue weighted by Gasteiger charge is 2.41. The molecular formula is C14H25N3O4. The largest absolute Gasteiger partial charge is 0.481 e. The van der Waals surface area contributed by atoms with Crippen LogP contribution in [-0.4, -0.2) is 43.2 Å². The quantitative estimate of drug-likeness (QED) is 0.579. The molecule has 0 heterocycles. The number of aliphatic carboxylic acids is 1. The van der Waals surface area contributed by atoms with Crippen LogP contribution < -0.4 is 16.0 Å². The summed E-state index contributed by atoms with van der Waals surface area (Å²) in [6.07, 6.45) is 2.93. The average Bonchev–Trinajstić information content (AvgIpc) is 2.92. The minimum Gasteiger partial charge on any atom is -0.481 e. The molecule has 1 aliphatic carbocycles. The van der Waals surface area contributed by atoms with Crippen molar-refractivity contribution in [3.05, 3.63) is 0 Å². The molecule has 0 spiro atoms. The Labute approximate surface area is 124 Å². The predicted molar refractivity (Wildman–Crippen MR) is 77.8 cm³/mol. The smallest absolute Gasteiger partial charge is 0.314 e. The summed E-state index contributed by atoms with van der Waals surface area (Å²) in [7, 11) is 1.54. The molecule has 1 rings (SSSR count). The van der Waals surface area contributed by atoms with Crippen molar-refractivity contribution in [1.29, 1.82) is 0 Å². The van der Waals surface area contributed by atoms with E-state index in [1.165, 1.54) is 0 Å². The Morgan fingerprint density at radius 1 is 1.14 bits per heavy atom. The van der Waals surface area contributed by atoms with Gasteiger partial charge < -0.3 is 21.1 Å². The first-order valence-corrected chi connectivity index (χ1v) is 7.21. The molecule has 7 nitrogen and oxygen atoms in total. The molecule has 1 saturated carbocycles. The van der Waals surface area contributed by atoms with Gasteiger partial charge in [0.2, 0.25) is 5.91 Å². The second-order valence-electron chi connectivity index (χ2n) is 6.29. The molecule has 0 aromatic heterocycles. The average molecular weight is 299 g/mol. The zero-order valence-corrected chi connectivity index (χ0v) is 12.9. The van der Waals surface area contributed by atoms with Gasteiger partial charge >= 0.3 is 12.0 Å². The molecule has 1 fully saturated rings. The van der Waals surface area contributed by atoms with Gasteiger partial charge in [-0.2, -0.15) is 0 Å². The Bertz CT molecular complexity index is 414. The van der Waals surface area contributed by atoms with Gasteiger partial charge in [-0.25, -0.2) is 4.79 Å². The van der Waals surface area contributed by atoms with Gasteiger partial charge in [-0.05, 0) is 26.7 Å². The van der Waals surface area contributed by atoms with Gasteiger partial charge in [0.05, 0.1) is 10.8 Å². The fourth-order valence-corrected chi connectivity index (χ4v) is 2.55. The van der Waals surface area contributed by atoms with Crippen molar-refractivity contribution in [2.45, 2.75) is 39.5 Å². The summed E-state index contributed by atoms with van der Waals surface area (Å²) in [6, 6.07) is -0.445. The van der Waals surface area contributed by atoms with E-state index in [1.807, 2.05) is 0 Å². The van der Waals surface area contributed by atoms with E-state index in [1.54, 1.807) is 20.9 Å². The number of carboxylic acids is 1. The summed E-state index contributed by atoms with van der Waals surface area (Å²) in [5, 5.41) is 17.1. The zero-order chi connectivity index (χ0) is 16.1. The lowest BCUT2D eigenvalue weighted by atomic mass is 9.86. The first-order valence-electron chi connectivity index (χ1n) is 7.21. The second-order valence-corrected chi connectivity index (χ2v) is 6.29. The van der Waals surface area contributed by atoms with Gasteiger partial charge in [-0.3, -0.25) is 9.59 Å². The summed E-state index contributed by atoms with van der Waals surface area (Å²) >= 11 is 0. The highest BCUT2D eigenvalue weighted by Crippen LogP contribution is 2.37. The van der Waals surface area contributed by atoms with Crippen molar-refractivity contribution >= 4 is 17.9 Å². The normalized spacial score (nSPS) is 17.1. The van der Waals surface area contributed by atoms with E-state index < -0.39 is 22.8 Å². The van der Waals surface area contributed by atoms with Crippen LogP contribution in [0.3, 0.4) is 0 Å². The summed E-state index contributed by atoms with van der Waals surface area (Å²) in [5.74, 6) is -1.02. The summed E-state index contributed by atoms with van der Waals surface area (Å²) < 4.78 is 0. The third-order valence-corrected chi connectivity index (χ3v) is 4.13. The van der Waals surface area contributed by atoms with E-state index in [4.69, 9.17) is 0 Å². The van der Waals surface area contributed by atoms with Crippen molar-refractivity contribution in [3.8, 4) is 0 Å². The third kappa shape index (κ3) is 4.34. The first kappa shape index (κ1) is 17.3. The number of amides is 3. The summed E-state index contributed by atoms with van der Waals surface area (Å²) in [4.78, 5) is 34.7. The Hall–Kier alpha value is -1.79. The molecule has 0 aromatic rings. The Morgan fingerprint density at radius 3 is 2.19 bits per heavy atom. The van der Waals surface area contributed by atoms with Crippen molar-refractivity contribution < 1.29 is 19.5 Å². The highest BCUT2D eigenvalue weighted by atomic mass is 16.4. The number of carbonyl (C=O) groups excluding carboxylic acids is 2. The van der Waals surface area contributed by atoms with E-state index >= 15 is 0 Å². The standard InChI is InChI=1S/C14H25N3O4/c1-13(2,10(18)15-3)8-16-12(21)17-9-14(11(19)20)6-4-5-7-14/h4-9H2,1-3H3,(H,15,18)(H,19,20)(H2,16,17,21). The molecule has 1 aliphatic rings. The van der Waals surface area contributed by atoms with E-state index in [-0.39, 0.29) is 19.0 Å². The van der Waals surface area contributed by atoms with Gasteiger partial charge in [-0.15, -0.1) is 0 Å². The molecule has 120 valence electrons. The summed E-state index contributed by atoms with van der Waals surface area (Å²) in [5.41, 5.74) is -1.56. The van der Waals surface area contributed by atoms with E-state index in [2.05, 4.69) is 16.0 Å². The molecule has 0 unspecified atom stereocenters. The van der Waals surface area contributed by atoms with Crippen molar-refractivity contribution in [2.24, 2.45) is 10.8 Å². The third-order valence-electron chi connectivity index (χ3n) is 4.13. The number of carboxylic acid groups (broad SMARTS) is 1. The molecule has 0 aliphatic heterocycles. The molecule has 0 aromatic carbocycles. The number of nitrogens with one attached hydrogen (secondary N) is 3. The van der Waals surface area contributed by atoms with Crippen molar-refractivity contribution in [1.82, 2.24) is 16.0 Å². The lowest BCUT2D eigenvalue weighted by Gasteiger charge is -2.26. The molecule has 0 bridgehead atoms. The van der Waals surface area contributed by atoms with Crippen molar-refractivity contribution in [3.63, 3.8) is 0 Å². The molecule has 21 heavy (non-hydrogen) atoms. The summed E-state index contributed by atoms with van der Waals surface area (Å²) in [6.45, 7) is 3.75. The predicted octanol–water partition coefficient (Wildman–Crippen LogP) is 0.703. The van der Waals surface area contributed by atoms with Gasteiger partial charge in [0.25, 0.3) is 0 Å². The minimum atomic E-state index is -0.856. The molecular weight excluding hydrogens is 274 g/mol. The maximum Gasteiger partial charge on any atom is 0.314 e. The fourth-order valence-electron chi connectivity index (χ4n) is 2.55. The molecule has 3 amide bonds. The SMILES string of the molecule is CNC(=O)C(C)(C)CNC(=O)NCC1(C(=O)O)CCCC1.